The maximum atomic E-state index is 7.30. The summed E-state index contributed by atoms with van der Waals surface area (Å²) in [6.45, 7) is 13.3. The smallest absolute Gasteiger partial charge is 0.227 e. The third-order valence-corrected chi connectivity index (χ3v) is 6.69. The second kappa shape index (κ2) is 8.67. The molecule has 0 atom stereocenters. The highest BCUT2D eigenvalue weighted by molar-refractivity contribution is 9.11. The molecule has 0 saturated carbocycles. The topological polar surface area (TPSA) is 25.4 Å². The van der Waals surface area contributed by atoms with E-state index < -0.39 is 0 Å². The van der Waals surface area contributed by atoms with Crippen molar-refractivity contribution in [3.63, 3.8) is 0 Å². The van der Waals surface area contributed by atoms with Crippen LogP contribution in [0.4, 0.5) is 5.69 Å². The molecule has 0 amide bonds. The van der Waals surface area contributed by atoms with Gasteiger partial charge in [0, 0.05) is 62.9 Å². The van der Waals surface area contributed by atoms with Crippen LogP contribution in [0.2, 0.25) is 5.02 Å². The van der Waals surface area contributed by atoms with Crippen LogP contribution in [0, 0.1) is 20.4 Å². The van der Waals surface area contributed by atoms with Gasteiger partial charge in [-0.25, -0.2) is 11.6 Å². The highest BCUT2D eigenvalue weighted by Crippen LogP contribution is 2.39. The van der Waals surface area contributed by atoms with Crippen LogP contribution in [0.25, 0.3) is 21.6 Å². The van der Waals surface area contributed by atoms with Crippen molar-refractivity contribution in [1.29, 1.82) is 0 Å². The predicted octanol–water partition coefficient (Wildman–Crippen LogP) is 7.34. The Bertz CT molecular complexity index is 1090. The molecule has 4 rings (SSSR count). The Morgan fingerprint density at radius 2 is 1.76 bits per heavy atom. The summed E-state index contributed by atoms with van der Waals surface area (Å²) in [5.41, 5.74) is 5.29. The predicted molar refractivity (Wildman–Crippen MR) is 130 cm³/mol. The Balaban J connectivity index is 0.00000240. The lowest BCUT2D eigenvalue weighted by atomic mass is 10.0. The van der Waals surface area contributed by atoms with E-state index in [4.69, 9.17) is 23.2 Å². The quantitative estimate of drug-likeness (QED) is 0.319. The molecule has 1 aromatic carbocycles. The van der Waals surface area contributed by atoms with Gasteiger partial charge in [-0.3, -0.25) is 4.57 Å². The number of aryl methyl sites for hydroxylation is 2. The second-order valence-corrected chi connectivity index (χ2v) is 9.37. The molecule has 7 heteroatoms. The molecule has 1 aliphatic rings. The first-order chi connectivity index (χ1) is 13.4. The number of halogens is 3. The molecule has 0 unspecified atom stereocenters. The van der Waals surface area contributed by atoms with Crippen LogP contribution in [0.1, 0.15) is 31.5 Å². The van der Waals surface area contributed by atoms with Gasteiger partial charge in [-0.15, -0.1) is 0 Å². The van der Waals surface area contributed by atoms with Gasteiger partial charge in [0.2, 0.25) is 6.04 Å². The number of aromatic nitrogens is 2. The Morgan fingerprint density at radius 3 is 2.34 bits per heavy atom. The van der Waals surface area contributed by atoms with Crippen molar-refractivity contribution >= 4 is 60.2 Å². The molecule has 0 spiro atoms. The van der Waals surface area contributed by atoms with E-state index in [2.05, 4.69) is 65.4 Å². The van der Waals surface area contributed by atoms with Crippen LogP contribution in [-0.2, 0) is 0 Å². The fraction of sp³-hybridized carbons (Fsp3) is 0.364. The zero-order valence-electron chi connectivity index (χ0n) is 15.6. The highest BCUT2D eigenvalue weighted by atomic mass is 79.9. The third kappa shape index (κ3) is 4.05. The lowest BCUT2D eigenvalue weighted by molar-refractivity contribution is 0.549. The summed E-state index contributed by atoms with van der Waals surface area (Å²) in [5.74, 6) is 0. The van der Waals surface area contributed by atoms with Crippen LogP contribution in [0.3, 0.4) is 0 Å². The van der Waals surface area contributed by atoms with E-state index in [1.165, 1.54) is 16.6 Å². The maximum absolute atomic E-state index is 7.30. The van der Waals surface area contributed by atoms with Crippen molar-refractivity contribution in [3.8, 4) is 5.69 Å². The molecule has 3 aromatic rings. The molecule has 0 aliphatic carbocycles. The molecular weight excluding hydrogens is 516 g/mol. The number of anilines is 1. The molecule has 4 nitrogen and oxygen atoms in total. The SMILES string of the molecule is C.[C-]#[N+]C1CCN(c2cc(C)nc3c2c(C)cn3-c2c(Br)cc(Cl)cc2Br)CC1. The van der Waals surface area contributed by atoms with Gasteiger partial charge in [-0.2, -0.15) is 0 Å². The first-order valence-electron chi connectivity index (χ1n) is 9.14. The number of piperidine rings is 1. The Hall–Kier alpha value is -1.55. The van der Waals surface area contributed by atoms with E-state index >= 15 is 0 Å². The molecular formula is C22H23Br2ClN4. The number of benzene rings is 1. The van der Waals surface area contributed by atoms with Crippen molar-refractivity contribution in [2.45, 2.75) is 40.2 Å². The van der Waals surface area contributed by atoms with E-state index in [1.807, 2.05) is 19.1 Å². The fourth-order valence-corrected chi connectivity index (χ4v) is 5.98. The monoisotopic (exact) mass is 536 g/mol. The summed E-state index contributed by atoms with van der Waals surface area (Å²) in [5, 5.41) is 1.84. The van der Waals surface area contributed by atoms with Crippen molar-refractivity contribution in [3.05, 3.63) is 61.0 Å². The molecule has 152 valence electrons. The molecule has 0 radical (unpaired) electrons. The fourth-order valence-electron chi connectivity index (χ4n) is 3.93. The van der Waals surface area contributed by atoms with E-state index in [0.29, 0.717) is 5.02 Å². The van der Waals surface area contributed by atoms with Crippen molar-refractivity contribution in [1.82, 2.24) is 9.55 Å². The van der Waals surface area contributed by atoms with Gasteiger partial charge in [-0.05, 0) is 69.5 Å². The Labute approximate surface area is 193 Å². The normalized spacial score (nSPS) is 14.7. The summed E-state index contributed by atoms with van der Waals surface area (Å²) < 4.78 is 3.94. The van der Waals surface area contributed by atoms with Gasteiger partial charge in [-0.1, -0.05) is 19.0 Å². The van der Waals surface area contributed by atoms with E-state index in [0.717, 1.165) is 51.9 Å². The molecule has 1 fully saturated rings. The summed E-state index contributed by atoms with van der Waals surface area (Å²) in [6.07, 6.45) is 3.96. The van der Waals surface area contributed by atoms with Gasteiger partial charge < -0.3 is 9.74 Å². The molecule has 1 saturated heterocycles. The zero-order chi connectivity index (χ0) is 20.0. The van der Waals surface area contributed by atoms with Crippen LogP contribution in [0.15, 0.2) is 33.3 Å². The Morgan fingerprint density at radius 1 is 1.14 bits per heavy atom. The van der Waals surface area contributed by atoms with Crippen LogP contribution in [0.5, 0.6) is 0 Å². The van der Waals surface area contributed by atoms with Gasteiger partial charge in [0.1, 0.15) is 5.65 Å². The lowest BCUT2D eigenvalue weighted by Gasteiger charge is -2.30. The van der Waals surface area contributed by atoms with Gasteiger partial charge in [0.05, 0.1) is 5.69 Å². The molecule has 2 aromatic heterocycles. The number of nitrogens with zero attached hydrogens (tertiary/aromatic N) is 4. The molecule has 29 heavy (non-hydrogen) atoms. The molecule has 3 heterocycles. The molecule has 0 bridgehead atoms. The number of rotatable bonds is 2. The largest absolute Gasteiger partial charge is 0.370 e. The first kappa shape index (κ1) is 22.1. The molecule has 1 aliphatic heterocycles. The standard InChI is InChI=1S/C21H19Br2ClN4.CH4/c1-12-11-28(20-16(22)9-14(24)10-17(20)23)21-19(12)18(8-13(2)26-21)27-6-4-15(25-3)5-7-27;/h8-11,15H,4-7H2,1-2H3;1H4. The van der Waals surface area contributed by atoms with Crippen molar-refractivity contribution in [2.24, 2.45) is 0 Å². The summed E-state index contributed by atoms with van der Waals surface area (Å²) in [6, 6.07) is 6.12. The highest BCUT2D eigenvalue weighted by Gasteiger charge is 2.26. The number of hydrogen-bond acceptors (Lipinski definition) is 2. The van der Waals surface area contributed by atoms with Crippen molar-refractivity contribution < 1.29 is 0 Å². The third-order valence-electron chi connectivity index (χ3n) is 5.26. The molecule has 0 N–H and O–H groups in total. The van der Waals surface area contributed by atoms with Crippen LogP contribution < -0.4 is 4.90 Å². The van der Waals surface area contributed by atoms with Gasteiger partial charge >= 0.3 is 0 Å². The minimum Gasteiger partial charge on any atom is -0.370 e. The average molecular weight is 539 g/mol. The zero-order valence-corrected chi connectivity index (χ0v) is 19.6. The summed E-state index contributed by atoms with van der Waals surface area (Å²) in [7, 11) is 0. The number of fused-ring (bicyclic) bond motifs is 1. The number of hydrogen-bond donors (Lipinski definition) is 0. The minimum atomic E-state index is 0. The van der Waals surface area contributed by atoms with Gasteiger partial charge in [0.25, 0.3) is 0 Å². The summed E-state index contributed by atoms with van der Waals surface area (Å²) in [4.78, 5) is 11.0. The maximum Gasteiger partial charge on any atom is 0.227 e. The lowest BCUT2D eigenvalue weighted by Crippen LogP contribution is -2.35. The van der Waals surface area contributed by atoms with Crippen molar-refractivity contribution in [2.75, 3.05) is 18.0 Å². The minimum absolute atomic E-state index is 0. The Kier molecular flexibility index (Phi) is 6.62. The average Bonchev–Trinajstić information content (AvgIpc) is 2.96. The second-order valence-electron chi connectivity index (χ2n) is 7.23. The number of pyridine rings is 1. The first-order valence-corrected chi connectivity index (χ1v) is 11.1. The van der Waals surface area contributed by atoms with Crippen LogP contribution >= 0.6 is 43.5 Å². The summed E-state index contributed by atoms with van der Waals surface area (Å²) >= 11 is 13.5. The van der Waals surface area contributed by atoms with E-state index in [-0.39, 0.29) is 13.5 Å². The van der Waals surface area contributed by atoms with E-state index in [9.17, 15) is 0 Å². The van der Waals surface area contributed by atoms with Crippen LogP contribution in [-0.4, -0.2) is 28.7 Å². The van der Waals surface area contributed by atoms with Gasteiger partial charge in [0.15, 0.2) is 0 Å². The van der Waals surface area contributed by atoms with E-state index in [1.54, 1.807) is 0 Å².